The van der Waals surface area contributed by atoms with Crippen molar-refractivity contribution in [3.05, 3.63) is 28.7 Å². The van der Waals surface area contributed by atoms with Crippen LogP contribution in [-0.4, -0.2) is 16.7 Å². The molecule has 0 bridgehead atoms. The molecular formula is C9H7NO3. The Bertz CT molecular complexity index is 440. The Hall–Kier alpha value is -1.71. The molecule has 4 nitrogen and oxygen atoms in total. The maximum Gasteiger partial charge on any atom is 0.211 e. The van der Waals surface area contributed by atoms with Crippen molar-refractivity contribution in [2.75, 3.05) is 0 Å². The van der Waals surface area contributed by atoms with E-state index in [-0.39, 0.29) is 17.3 Å². The van der Waals surface area contributed by atoms with Gasteiger partial charge in [-0.1, -0.05) is 5.16 Å². The van der Waals surface area contributed by atoms with Crippen LogP contribution in [0.25, 0.3) is 0 Å². The number of aromatic nitrogens is 1. The lowest BCUT2D eigenvalue weighted by atomic mass is 9.95. The van der Waals surface area contributed by atoms with Crippen LogP contribution in [0.1, 0.15) is 33.5 Å². The molecular weight excluding hydrogens is 170 g/mol. The second-order valence-electron chi connectivity index (χ2n) is 2.98. The molecule has 0 amide bonds. The molecule has 0 aliphatic heterocycles. The summed E-state index contributed by atoms with van der Waals surface area (Å²) >= 11 is 0. The molecule has 0 fully saturated rings. The zero-order valence-corrected chi connectivity index (χ0v) is 7.25. The van der Waals surface area contributed by atoms with Gasteiger partial charge in [0.2, 0.25) is 5.78 Å². The number of Topliss-reactive ketones (excluding diaryl/α,β-unsaturated/α-hetero) is 1. The van der Waals surface area contributed by atoms with Crippen molar-refractivity contribution in [3.63, 3.8) is 0 Å². The normalized spacial score (nSPS) is 15.7. The zero-order chi connectivity index (χ0) is 9.59. The number of carbonyl (C=O) groups excluding carboxylic acids is 2. The lowest BCUT2D eigenvalue weighted by Crippen LogP contribution is -2.15. The van der Waals surface area contributed by atoms with Gasteiger partial charge in [0, 0.05) is 5.57 Å². The van der Waals surface area contributed by atoms with Crippen LogP contribution in [0.5, 0.6) is 0 Å². The maximum atomic E-state index is 11.4. The summed E-state index contributed by atoms with van der Waals surface area (Å²) in [5.74, 6) is -0.0330. The Balaban J connectivity index is 2.71. The third-order valence-corrected chi connectivity index (χ3v) is 2.03. The van der Waals surface area contributed by atoms with E-state index in [0.717, 1.165) is 0 Å². The van der Waals surface area contributed by atoms with E-state index in [1.54, 1.807) is 13.8 Å². The second-order valence-corrected chi connectivity index (χ2v) is 2.98. The van der Waals surface area contributed by atoms with E-state index in [4.69, 9.17) is 4.52 Å². The summed E-state index contributed by atoms with van der Waals surface area (Å²) in [5, 5.41) is 3.55. The van der Waals surface area contributed by atoms with Crippen LogP contribution in [0.15, 0.2) is 16.2 Å². The van der Waals surface area contributed by atoms with Crippen LogP contribution < -0.4 is 0 Å². The lowest BCUT2D eigenvalue weighted by molar-refractivity contribution is 0.0981. The quantitative estimate of drug-likeness (QED) is 0.599. The van der Waals surface area contributed by atoms with Crippen LogP contribution in [0.4, 0.5) is 0 Å². The third kappa shape index (κ3) is 0.950. The number of hydrogen-bond donors (Lipinski definition) is 0. The van der Waals surface area contributed by atoms with Crippen LogP contribution in [0.2, 0.25) is 0 Å². The monoisotopic (exact) mass is 177 g/mol. The Kier molecular flexibility index (Phi) is 1.45. The highest BCUT2D eigenvalue weighted by atomic mass is 16.5. The number of fused-ring (bicyclic) bond motifs is 1. The van der Waals surface area contributed by atoms with Gasteiger partial charge >= 0.3 is 0 Å². The van der Waals surface area contributed by atoms with Crippen LogP contribution >= 0.6 is 0 Å². The molecule has 0 aromatic carbocycles. The Morgan fingerprint density at radius 2 is 2.00 bits per heavy atom. The van der Waals surface area contributed by atoms with Gasteiger partial charge in [-0.25, -0.2) is 0 Å². The van der Waals surface area contributed by atoms with Crippen molar-refractivity contribution in [1.82, 2.24) is 5.16 Å². The molecule has 1 aliphatic rings. The molecule has 1 aromatic rings. The minimum atomic E-state index is -0.230. The molecule has 0 spiro atoms. The average Bonchev–Trinajstić information content (AvgIpc) is 2.44. The summed E-state index contributed by atoms with van der Waals surface area (Å²) < 4.78 is 4.78. The molecule has 0 unspecified atom stereocenters. The number of carbonyl (C=O) groups is 2. The fourth-order valence-corrected chi connectivity index (χ4v) is 1.34. The van der Waals surface area contributed by atoms with Gasteiger partial charge in [-0.3, -0.25) is 9.59 Å². The van der Waals surface area contributed by atoms with Crippen LogP contribution in [0.3, 0.4) is 0 Å². The smallest absolute Gasteiger partial charge is 0.211 e. The fourth-order valence-electron chi connectivity index (χ4n) is 1.34. The lowest BCUT2D eigenvalue weighted by Gasteiger charge is -2.04. The van der Waals surface area contributed by atoms with E-state index in [1.807, 2.05) is 0 Å². The first-order valence-electron chi connectivity index (χ1n) is 3.85. The molecule has 4 heteroatoms. The molecule has 0 atom stereocenters. The number of rotatable bonds is 0. The Labute approximate surface area is 74.2 Å². The van der Waals surface area contributed by atoms with E-state index < -0.39 is 0 Å². The topological polar surface area (TPSA) is 60.2 Å². The van der Waals surface area contributed by atoms with Crippen LogP contribution in [0, 0.1) is 6.92 Å². The first kappa shape index (κ1) is 7.91. The number of aryl methyl sites for hydroxylation is 1. The first-order valence-corrected chi connectivity index (χ1v) is 3.85. The molecule has 0 saturated carbocycles. The highest BCUT2D eigenvalue weighted by Crippen LogP contribution is 2.22. The van der Waals surface area contributed by atoms with Crippen LogP contribution in [-0.2, 0) is 0 Å². The van der Waals surface area contributed by atoms with Gasteiger partial charge < -0.3 is 4.52 Å². The highest BCUT2D eigenvalue weighted by molar-refractivity contribution is 6.23. The zero-order valence-electron chi connectivity index (χ0n) is 7.25. The van der Waals surface area contributed by atoms with Gasteiger partial charge in [0.15, 0.2) is 11.5 Å². The highest BCUT2D eigenvalue weighted by Gasteiger charge is 2.29. The predicted molar refractivity (Wildman–Crippen MR) is 43.7 cm³/mol. The standard InChI is InChI=1S/C9H7NO3/c1-4-3-6(11)7-5(2)13-10-8(7)9(4)12/h3H,1-2H3. The van der Waals surface area contributed by atoms with Gasteiger partial charge in [0.1, 0.15) is 5.76 Å². The SMILES string of the molecule is CC1=CC(=O)c2c(noc2C)C1=O. The largest absolute Gasteiger partial charge is 0.360 e. The van der Waals surface area contributed by atoms with Crippen molar-refractivity contribution in [3.8, 4) is 0 Å². The molecule has 66 valence electrons. The van der Waals surface area contributed by atoms with Gasteiger partial charge in [-0.2, -0.15) is 0 Å². The summed E-state index contributed by atoms with van der Waals surface area (Å²) in [7, 11) is 0. The summed E-state index contributed by atoms with van der Waals surface area (Å²) in [6.45, 7) is 3.21. The predicted octanol–water partition coefficient (Wildman–Crippen LogP) is 1.31. The summed E-state index contributed by atoms with van der Waals surface area (Å²) in [6, 6.07) is 0. The van der Waals surface area contributed by atoms with Gasteiger partial charge in [-0.05, 0) is 19.9 Å². The van der Waals surface area contributed by atoms with E-state index >= 15 is 0 Å². The number of hydrogen-bond acceptors (Lipinski definition) is 4. The molecule has 0 radical (unpaired) electrons. The van der Waals surface area contributed by atoms with Crippen molar-refractivity contribution in [1.29, 1.82) is 0 Å². The van der Waals surface area contributed by atoms with Crippen molar-refractivity contribution in [2.24, 2.45) is 0 Å². The number of nitrogens with zero attached hydrogens (tertiary/aromatic N) is 1. The van der Waals surface area contributed by atoms with E-state index in [1.165, 1.54) is 6.08 Å². The molecule has 1 heterocycles. The second kappa shape index (κ2) is 2.39. The summed E-state index contributed by atoms with van der Waals surface area (Å²) in [6.07, 6.45) is 1.31. The van der Waals surface area contributed by atoms with E-state index in [0.29, 0.717) is 16.9 Å². The Morgan fingerprint density at radius 3 is 2.69 bits per heavy atom. The Morgan fingerprint density at radius 1 is 1.31 bits per heavy atom. The van der Waals surface area contributed by atoms with Gasteiger partial charge in [-0.15, -0.1) is 0 Å². The fraction of sp³-hybridized carbons (Fsp3) is 0.222. The molecule has 0 saturated heterocycles. The first-order chi connectivity index (χ1) is 6.11. The molecule has 1 aliphatic carbocycles. The van der Waals surface area contributed by atoms with E-state index in [9.17, 15) is 9.59 Å². The number of ketones is 2. The minimum absolute atomic E-state index is 0.141. The molecule has 1 aromatic heterocycles. The molecule has 13 heavy (non-hydrogen) atoms. The summed E-state index contributed by atoms with van der Waals surface area (Å²) in [4.78, 5) is 22.8. The average molecular weight is 177 g/mol. The van der Waals surface area contributed by atoms with Gasteiger partial charge in [0.25, 0.3) is 0 Å². The van der Waals surface area contributed by atoms with Gasteiger partial charge in [0.05, 0.1) is 5.56 Å². The van der Waals surface area contributed by atoms with Crippen molar-refractivity contribution in [2.45, 2.75) is 13.8 Å². The molecule has 0 N–H and O–H groups in total. The maximum absolute atomic E-state index is 11.4. The third-order valence-electron chi connectivity index (χ3n) is 2.03. The molecule has 2 rings (SSSR count). The van der Waals surface area contributed by atoms with Crippen molar-refractivity contribution >= 4 is 11.6 Å². The van der Waals surface area contributed by atoms with E-state index in [2.05, 4.69) is 5.16 Å². The van der Waals surface area contributed by atoms with Crippen molar-refractivity contribution < 1.29 is 14.1 Å². The summed E-state index contributed by atoms with van der Waals surface area (Å²) in [5.41, 5.74) is 0.851. The number of allylic oxidation sites excluding steroid dienone is 2. The minimum Gasteiger partial charge on any atom is -0.360 e.